The molecule has 43 heavy (non-hydrogen) atoms. The van der Waals surface area contributed by atoms with Gasteiger partial charge >= 0.3 is 5.97 Å². The topological polar surface area (TPSA) is 257 Å². The van der Waals surface area contributed by atoms with Crippen LogP contribution in [0, 0.1) is 5.92 Å². The van der Waals surface area contributed by atoms with E-state index in [2.05, 4.69) is 25.9 Å². The van der Waals surface area contributed by atoms with Crippen molar-refractivity contribution in [1.82, 2.24) is 20.9 Å². The molecule has 1 aromatic carbocycles. The van der Waals surface area contributed by atoms with Crippen molar-refractivity contribution in [1.29, 1.82) is 0 Å². The van der Waals surface area contributed by atoms with Gasteiger partial charge in [-0.15, -0.1) is 0 Å². The highest BCUT2D eigenvalue weighted by atomic mass is 16.4. The lowest BCUT2D eigenvalue weighted by atomic mass is 10.0. The number of para-hydroxylation sites is 1. The molecule has 0 saturated carbocycles. The smallest absolute Gasteiger partial charge is 0.326 e. The number of amides is 3. The summed E-state index contributed by atoms with van der Waals surface area (Å²) < 4.78 is 0. The van der Waals surface area contributed by atoms with Gasteiger partial charge in [0.1, 0.15) is 18.1 Å². The molecule has 0 aliphatic heterocycles. The van der Waals surface area contributed by atoms with E-state index in [0.29, 0.717) is 25.8 Å². The van der Waals surface area contributed by atoms with Crippen LogP contribution in [0.2, 0.25) is 0 Å². The first-order valence-corrected chi connectivity index (χ1v) is 14.6. The molecule has 0 saturated heterocycles. The zero-order valence-corrected chi connectivity index (χ0v) is 25.0. The van der Waals surface area contributed by atoms with Gasteiger partial charge in [0.25, 0.3) is 0 Å². The van der Waals surface area contributed by atoms with Crippen LogP contribution in [-0.2, 0) is 25.6 Å². The lowest BCUT2D eigenvalue weighted by molar-refractivity contribution is -0.142. The summed E-state index contributed by atoms with van der Waals surface area (Å²) in [6.07, 6.45) is 4.13. The molecule has 238 valence electrons. The zero-order valence-electron chi connectivity index (χ0n) is 25.0. The number of carboxylic acid groups (broad SMARTS) is 1. The molecule has 1 heterocycles. The second kappa shape index (κ2) is 17.7. The number of nitrogens with one attached hydrogen (secondary N) is 4. The summed E-state index contributed by atoms with van der Waals surface area (Å²) in [5.74, 6) is -3.02. The van der Waals surface area contributed by atoms with Gasteiger partial charge < -0.3 is 49.0 Å². The molecule has 1 aromatic heterocycles. The van der Waals surface area contributed by atoms with E-state index >= 15 is 0 Å². The van der Waals surface area contributed by atoms with Crippen molar-refractivity contribution in [2.45, 2.75) is 83.0 Å². The maximum absolute atomic E-state index is 13.5. The molecule has 13 N–H and O–H groups in total. The molecule has 0 spiro atoms. The standard InChI is InChI=1S/C29H47N9O5/c1-17(2)14-24(28(42)43)38-27(41)22(10-5-6-12-30)37-26(40)23(11-7-13-34-29(32)33)36-25(39)20(31)15-18-16-35-21-9-4-3-8-19(18)21/h3-4,8-9,16-17,20,22-24,35H,5-7,10-15,30-31H2,1-2H3,(H,36,39)(H,37,40)(H,38,41)(H,42,43)(H4,32,33,34). The van der Waals surface area contributed by atoms with E-state index in [0.717, 1.165) is 16.5 Å². The molecule has 0 fully saturated rings. The molecule has 0 bridgehead atoms. The van der Waals surface area contributed by atoms with Gasteiger partial charge in [0.15, 0.2) is 5.96 Å². The fraction of sp³-hybridized carbons (Fsp3) is 0.552. The number of benzene rings is 1. The Morgan fingerprint density at radius 2 is 1.51 bits per heavy atom. The first kappa shape index (κ1) is 35.0. The Hall–Kier alpha value is -4.17. The Kier molecular flexibility index (Phi) is 14.4. The highest BCUT2D eigenvalue weighted by Crippen LogP contribution is 2.19. The average molecular weight is 602 g/mol. The van der Waals surface area contributed by atoms with Crippen LogP contribution in [0.15, 0.2) is 35.5 Å². The number of unbranched alkanes of at least 4 members (excludes halogenated alkanes) is 1. The van der Waals surface area contributed by atoms with E-state index < -0.39 is 47.9 Å². The average Bonchev–Trinajstić information content (AvgIpc) is 3.35. The Bertz CT molecular complexity index is 1240. The number of carboxylic acids is 1. The summed E-state index contributed by atoms with van der Waals surface area (Å²) in [4.78, 5) is 58.6. The molecular weight excluding hydrogens is 554 g/mol. The summed E-state index contributed by atoms with van der Waals surface area (Å²) in [6.45, 7) is 4.31. The number of carbonyl (C=O) groups excluding carboxylic acids is 3. The van der Waals surface area contributed by atoms with Crippen molar-refractivity contribution in [3.63, 3.8) is 0 Å². The monoisotopic (exact) mass is 601 g/mol. The maximum Gasteiger partial charge on any atom is 0.326 e. The predicted octanol–water partition coefficient (Wildman–Crippen LogP) is -0.195. The molecule has 14 heteroatoms. The van der Waals surface area contributed by atoms with E-state index in [-0.39, 0.29) is 44.1 Å². The summed E-state index contributed by atoms with van der Waals surface area (Å²) >= 11 is 0. The molecule has 4 atom stereocenters. The Labute approximate surface area is 251 Å². The van der Waals surface area contributed by atoms with Crippen LogP contribution < -0.4 is 38.9 Å². The van der Waals surface area contributed by atoms with Gasteiger partial charge in [-0.1, -0.05) is 32.0 Å². The number of carbonyl (C=O) groups is 4. The van der Waals surface area contributed by atoms with Crippen LogP contribution >= 0.6 is 0 Å². The first-order chi connectivity index (χ1) is 20.4. The molecule has 0 aliphatic carbocycles. The van der Waals surface area contributed by atoms with Crippen molar-refractivity contribution in [2.75, 3.05) is 13.1 Å². The molecule has 3 amide bonds. The van der Waals surface area contributed by atoms with Gasteiger partial charge in [-0.25, -0.2) is 4.79 Å². The van der Waals surface area contributed by atoms with Crippen molar-refractivity contribution in [2.24, 2.45) is 33.8 Å². The molecule has 0 aliphatic rings. The fourth-order valence-corrected chi connectivity index (χ4v) is 4.68. The Morgan fingerprint density at radius 3 is 2.12 bits per heavy atom. The Balaban J connectivity index is 2.18. The minimum absolute atomic E-state index is 0.0185. The van der Waals surface area contributed by atoms with E-state index in [9.17, 15) is 24.3 Å². The second-order valence-electron chi connectivity index (χ2n) is 11.1. The number of guanidine groups is 1. The number of aromatic amines is 1. The minimum Gasteiger partial charge on any atom is -0.480 e. The molecule has 14 nitrogen and oxygen atoms in total. The number of aliphatic carboxylic acids is 1. The second-order valence-corrected chi connectivity index (χ2v) is 11.1. The number of fused-ring (bicyclic) bond motifs is 1. The van der Waals surface area contributed by atoms with E-state index in [1.165, 1.54) is 0 Å². The minimum atomic E-state index is -1.16. The quantitative estimate of drug-likeness (QED) is 0.0586. The van der Waals surface area contributed by atoms with E-state index in [1.54, 1.807) is 6.20 Å². The number of aliphatic imine (C=N–C) groups is 1. The number of nitrogens with two attached hydrogens (primary N) is 4. The van der Waals surface area contributed by atoms with Crippen molar-refractivity contribution in [3.8, 4) is 0 Å². The number of hydrogen-bond donors (Lipinski definition) is 9. The summed E-state index contributed by atoms with van der Waals surface area (Å²) in [7, 11) is 0. The van der Waals surface area contributed by atoms with Gasteiger partial charge in [0.05, 0.1) is 6.04 Å². The molecule has 4 unspecified atom stereocenters. The Morgan fingerprint density at radius 1 is 0.907 bits per heavy atom. The zero-order chi connectivity index (χ0) is 31.9. The number of H-pyrrole nitrogens is 1. The SMILES string of the molecule is CC(C)CC(NC(=O)C(CCCCN)NC(=O)C(CCCN=C(N)N)NC(=O)C(N)Cc1c[nH]c2ccccc12)C(=O)O. The third-order valence-electron chi connectivity index (χ3n) is 6.93. The molecule has 0 radical (unpaired) electrons. The third kappa shape index (κ3) is 11.9. The largest absolute Gasteiger partial charge is 0.480 e. The van der Waals surface area contributed by atoms with Crippen LogP contribution in [0.4, 0.5) is 0 Å². The van der Waals surface area contributed by atoms with Gasteiger partial charge in [-0.05, 0) is 69.0 Å². The summed E-state index contributed by atoms with van der Waals surface area (Å²) in [5.41, 5.74) is 24.5. The van der Waals surface area contributed by atoms with Gasteiger partial charge in [-0.3, -0.25) is 19.4 Å². The van der Waals surface area contributed by atoms with E-state index in [4.69, 9.17) is 22.9 Å². The van der Waals surface area contributed by atoms with Crippen LogP contribution in [-0.4, -0.2) is 77.0 Å². The van der Waals surface area contributed by atoms with Crippen molar-refractivity contribution >= 4 is 40.6 Å². The van der Waals surface area contributed by atoms with Crippen LogP contribution in [0.1, 0.15) is 57.9 Å². The highest BCUT2D eigenvalue weighted by molar-refractivity contribution is 5.94. The number of rotatable bonds is 19. The predicted molar refractivity (Wildman–Crippen MR) is 166 cm³/mol. The lowest BCUT2D eigenvalue weighted by Crippen LogP contribution is -2.57. The van der Waals surface area contributed by atoms with Crippen LogP contribution in [0.3, 0.4) is 0 Å². The molecule has 2 rings (SSSR count). The summed E-state index contributed by atoms with van der Waals surface area (Å²) in [6, 6.07) is 3.49. The number of hydrogen-bond acceptors (Lipinski definition) is 7. The molecular formula is C29H47N9O5. The highest BCUT2D eigenvalue weighted by Gasteiger charge is 2.30. The van der Waals surface area contributed by atoms with Gasteiger partial charge in [0.2, 0.25) is 17.7 Å². The van der Waals surface area contributed by atoms with Crippen LogP contribution in [0.5, 0.6) is 0 Å². The van der Waals surface area contributed by atoms with Gasteiger partial charge in [0, 0.05) is 23.6 Å². The maximum atomic E-state index is 13.5. The van der Waals surface area contributed by atoms with E-state index in [1.807, 2.05) is 38.1 Å². The van der Waals surface area contributed by atoms with Crippen molar-refractivity contribution < 1.29 is 24.3 Å². The molecule has 2 aromatic rings. The van der Waals surface area contributed by atoms with Crippen LogP contribution in [0.25, 0.3) is 10.9 Å². The van der Waals surface area contributed by atoms with Crippen molar-refractivity contribution in [3.05, 3.63) is 36.0 Å². The summed E-state index contributed by atoms with van der Waals surface area (Å²) in [5, 5.41) is 18.5. The normalized spacial score (nSPS) is 14.0. The fourth-order valence-electron chi connectivity index (χ4n) is 4.68. The third-order valence-corrected chi connectivity index (χ3v) is 6.93. The number of nitrogens with zero attached hydrogens (tertiary/aromatic N) is 1. The lowest BCUT2D eigenvalue weighted by Gasteiger charge is -2.25. The first-order valence-electron chi connectivity index (χ1n) is 14.6. The number of aromatic nitrogens is 1. The van der Waals surface area contributed by atoms with Gasteiger partial charge in [-0.2, -0.15) is 0 Å².